The summed E-state index contributed by atoms with van der Waals surface area (Å²) in [5.41, 5.74) is 1.21. The molecular formula is C16H22BNO4. The second-order valence-electron chi connectivity index (χ2n) is 6.60. The highest BCUT2D eigenvalue weighted by atomic mass is 16.7. The van der Waals surface area contributed by atoms with Gasteiger partial charge in [-0.1, -0.05) is 0 Å². The Kier molecular flexibility index (Phi) is 3.42. The van der Waals surface area contributed by atoms with Crippen LogP contribution in [0.4, 0.5) is 0 Å². The molecule has 0 aliphatic carbocycles. The molecule has 1 aliphatic heterocycles. The summed E-state index contributed by atoms with van der Waals surface area (Å²) in [5.74, 6) is 1.49. The highest BCUT2D eigenvalue weighted by Gasteiger charge is 2.52. The summed E-state index contributed by atoms with van der Waals surface area (Å²) in [5, 5.41) is 0. The third-order valence-corrected chi connectivity index (χ3v) is 4.64. The van der Waals surface area contributed by atoms with Crippen molar-refractivity contribution in [3.8, 4) is 11.5 Å². The first-order chi connectivity index (χ1) is 10.3. The van der Waals surface area contributed by atoms with Gasteiger partial charge in [-0.15, -0.1) is 0 Å². The van der Waals surface area contributed by atoms with Gasteiger partial charge in [-0.2, -0.15) is 0 Å². The Balaban J connectivity index is 2.03. The average Bonchev–Trinajstić information content (AvgIpc) is 2.96. The molecule has 5 nitrogen and oxygen atoms in total. The van der Waals surface area contributed by atoms with Crippen LogP contribution in [-0.2, 0) is 9.31 Å². The van der Waals surface area contributed by atoms with Crippen LogP contribution in [0.5, 0.6) is 11.5 Å². The number of ether oxygens (including phenoxy) is 2. The van der Waals surface area contributed by atoms with E-state index in [1.165, 1.54) is 0 Å². The van der Waals surface area contributed by atoms with Crippen LogP contribution in [0.2, 0.25) is 0 Å². The summed E-state index contributed by atoms with van der Waals surface area (Å²) in [6.45, 7) is 8.19. The molecule has 22 heavy (non-hydrogen) atoms. The standard InChI is InChI=1S/C16H22BNO4/c1-15(2)16(3,4)22-17(21-15)11-7-13-14(20-6)8-12(19-5)10-18(13)9-11/h7-10H,1-6H3. The Morgan fingerprint density at radius 1 is 0.955 bits per heavy atom. The van der Waals surface area contributed by atoms with Gasteiger partial charge in [0.1, 0.15) is 11.5 Å². The predicted molar refractivity (Wildman–Crippen MR) is 86.2 cm³/mol. The number of nitrogens with zero attached hydrogens (tertiary/aromatic N) is 1. The van der Waals surface area contributed by atoms with Crippen LogP contribution in [0.15, 0.2) is 24.5 Å². The van der Waals surface area contributed by atoms with E-state index in [-0.39, 0.29) is 18.3 Å². The minimum absolute atomic E-state index is 0.354. The lowest BCUT2D eigenvalue weighted by Gasteiger charge is -2.32. The minimum Gasteiger partial charge on any atom is -0.495 e. The summed E-state index contributed by atoms with van der Waals surface area (Å²) < 4.78 is 24.9. The molecular weight excluding hydrogens is 281 g/mol. The second-order valence-corrected chi connectivity index (χ2v) is 6.60. The molecule has 6 heteroatoms. The van der Waals surface area contributed by atoms with E-state index >= 15 is 0 Å². The highest BCUT2D eigenvalue weighted by Crippen LogP contribution is 2.37. The molecule has 0 spiro atoms. The van der Waals surface area contributed by atoms with Crippen molar-refractivity contribution in [2.24, 2.45) is 0 Å². The minimum atomic E-state index is -0.388. The summed E-state index contributed by atoms with van der Waals surface area (Å²) in [7, 11) is 2.90. The zero-order chi connectivity index (χ0) is 16.1. The van der Waals surface area contributed by atoms with Gasteiger partial charge in [0.25, 0.3) is 0 Å². The predicted octanol–water partition coefficient (Wildman–Crippen LogP) is 2.26. The lowest BCUT2D eigenvalue weighted by molar-refractivity contribution is 0.00578. The quantitative estimate of drug-likeness (QED) is 0.816. The molecule has 3 heterocycles. The van der Waals surface area contributed by atoms with Crippen LogP contribution in [0.1, 0.15) is 27.7 Å². The summed E-state index contributed by atoms with van der Waals surface area (Å²) in [6, 6.07) is 3.89. The first kappa shape index (κ1) is 15.2. The molecule has 0 bridgehead atoms. The van der Waals surface area contributed by atoms with Crippen LogP contribution >= 0.6 is 0 Å². The molecule has 0 aromatic carbocycles. The molecule has 1 aliphatic rings. The van der Waals surface area contributed by atoms with Crippen molar-refractivity contribution in [3.05, 3.63) is 24.5 Å². The molecule has 0 atom stereocenters. The number of hydrogen-bond acceptors (Lipinski definition) is 4. The lowest BCUT2D eigenvalue weighted by Crippen LogP contribution is -2.41. The number of fused-ring (bicyclic) bond motifs is 1. The fraction of sp³-hybridized carbons (Fsp3) is 0.500. The number of methoxy groups -OCH3 is 2. The Morgan fingerprint density at radius 2 is 1.59 bits per heavy atom. The number of rotatable bonds is 3. The molecule has 0 N–H and O–H groups in total. The van der Waals surface area contributed by atoms with E-state index < -0.39 is 0 Å². The van der Waals surface area contributed by atoms with Gasteiger partial charge in [0, 0.05) is 17.7 Å². The molecule has 0 amide bonds. The Bertz CT molecular complexity index is 691. The largest absolute Gasteiger partial charge is 0.496 e. The Hall–Kier alpha value is -1.66. The van der Waals surface area contributed by atoms with Crippen molar-refractivity contribution >= 4 is 18.1 Å². The van der Waals surface area contributed by atoms with Crippen LogP contribution in [-0.4, -0.2) is 36.9 Å². The third-order valence-electron chi connectivity index (χ3n) is 4.64. The van der Waals surface area contributed by atoms with Crippen LogP contribution in [0, 0.1) is 0 Å². The molecule has 0 radical (unpaired) electrons. The van der Waals surface area contributed by atoms with E-state index in [0.29, 0.717) is 0 Å². The lowest BCUT2D eigenvalue weighted by atomic mass is 9.81. The molecule has 1 saturated heterocycles. The zero-order valence-corrected chi connectivity index (χ0v) is 14.0. The Morgan fingerprint density at radius 3 is 2.14 bits per heavy atom. The molecule has 2 aromatic rings. The fourth-order valence-electron chi connectivity index (χ4n) is 2.57. The van der Waals surface area contributed by atoms with E-state index in [2.05, 4.69) is 0 Å². The first-order valence-electron chi connectivity index (χ1n) is 7.37. The van der Waals surface area contributed by atoms with Crippen LogP contribution < -0.4 is 14.9 Å². The van der Waals surface area contributed by atoms with Gasteiger partial charge in [0.15, 0.2) is 0 Å². The SMILES string of the molecule is COc1cc(OC)c2cc(B3OC(C)(C)C(C)(C)O3)cn2c1. The Labute approximate surface area is 131 Å². The van der Waals surface area contributed by atoms with Gasteiger partial charge >= 0.3 is 7.12 Å². The third kappa shape index (κ3) is 2.27. The van der Waals surface area contributed by atoms with Crippen molar-refractivity contribution in [2.45, 2.75) is 38.9 Å². The average molecular weight is 303 g/mol. The van der Waals surface area contributed by atoms with Crippen LogP contribution in [0.25, 0.3) is 5.52 Å². The highest BCUT2D eigenvalue weighted by molar-refractivity contribution is 6.62. The van der Waals surface area contributed by atoms with Crippen molar-refractivity contribution in [3.63, 3.8) is 0 Å². The van der Waals surface area contributed by atoms with Gasteiger partial charge in [-0.3, -0.25) is 0 Å². The van der Waals surface area contributed by atoms with Crippen molar-refractivity contribution < 1.29 is 18.8 Å². The monoisotopic (exact) mass is 303 g/mol. The maximum Gasteiger partial charge on any atom is 0.496 e. The summed E-state index contributed by atoms with van der Waals surface area (Å²) in [6.07, 6.45) is 3.90. The van der Waals surface area contributed by atoms with Crippen molar-refractivity contribution in [1.82, 2.24) is 4.40 Å². The number of aromatic nitrogens is 1. The number of hydrogen-bond donors (Lipinski definition) is 0. The maximum atomic E-state index is 6.10. The molecule has 0 unspecified atom stereocenters. The molecule has 0 saturated carbocycles. The first-order valence-corrected chi connectivity index (χ1v) is 7.37. The fourth-order valence-corrected chi connectivity index (χ4v) is 2.57. The molecule has 118 valence electrons. The maximum absolute atomic E-state index is 6.10. The van der Waals surface area contributed by atoms with E-state index in [0.717, 1.165) is 22.5 Å². The van der Waals surface area contributed by atoms with E-state index in [4.69, 9.17) is 18.8 Å². The molecule has 1 fully saturated rings. The van der Waals surface area contributed by atoms with Gasteiger partial charge < -0.3 is 23.2 Å². The van der Waals surface area contributed by atoms with Crippen LogP contribution in [0.3, 0.4) is 0 Å². The summed E-state index contributed by atoms with van der Waals surface area (Å²) in [4.78, 5) is 0. The molecule has 3 rings (SSSR count). The van der Waals surface area contributed by atoms with Crippen molar-refractivity contribution in [2.75, 3.05) is 14.2 Å². The van der Waals surface area contributed by atoms with Crippen molar-refractivity contribution in [1.29, 1.82) is 0 Å². The smallest absolute Gasteiger partial charge is 0.495 e. The topological polar surface area (TPSA) is 41.3 Å². The zero-order valence-electron chi connectivity index (χ0n) is 14.0. The van der Waals surface area contributed by atoms with Gasteiger partial charge in [-0.25, -0.2) is 0 Å². The molecule has 2 aromatic heterocycles. The van der Waals surface area contributed by atoms with Gasteiger partial charge in [-0.05, 0) is 33.8 Å². The second kappa shape index (κ2) is 4.93. The van der Waals surface area contributed by atoms with Gasteiger partial charge in [0.2, 0.25) is 0 Å². The van der Waals surface area contributed by atoms with Gasteiger partial charge in [0.05, 0.1) is 37.1 Å². The van der Waals surface area contributed by atoms with E-state index in [9.17, 15) is 0 Å². The van der Waals surface area contributed by atoms with E-state index in [1.54, 1.807) is 14.2 Å². The number of pyridine rings is 1. The van der Waals surface area contributed by atoms with E-state index in [1.807, 2.05) is 56.6 Å². The summed E-state index contributed by atoms with van der Waals surface area (Å²) >= 11 is 0. The normalized spacial score (nSPS) is 19.6.